The Morgan fingerprint density at radius 2 is 0.831 bits per heavy atom. The van der Waals surface area contributed by atoms with Gasteiger partial charge in [0, 0.05) is 29.2 Å². The number of nitrogens with two attached hydrogens (primary N) is 1. The van der Waals surface area contributed by atoms with E-state index >= 15 is 0 Å². The topological polar surface area (TPSA) is 246 Å². The number of benzene rings is 9. The van der Waals surface area contributed by atoms with Gasteiger partial charge >= 0.3 is 0 Å². The van der Waals surface area contributed by atoms with Gasteiger partial charge in [-0.1, -0.05) is 72.8 Å². The number of rotatable bonds is 9. The molecule has 9 aromatic carbocycles. The Labute approximate surface area is 482 Å². The van der Waals surface area contributed by atoms with Crippen LogP contribution in [0.25, 0.3) is 33.4 Å². The van der Waals surface area contributed by atoms with E-state index in [1.54, 1.807) is 54.6 Å². The van der Waals surface area contributed by atoms with Gasteiger partial charge in [0.25, 0.3) is 5.91 Å². The molecule has 9 aromatic rings. The lowest BCUT2D eigenvalue weighted by atomic mass is 10.0. The summed E-state index contributed by atoms with van der Waals surface area (Å²) in [5, 5.41) is 6.31. The largest absolute Gasteiger partial charge is 0.455 e. The predicted molar refractivity (Wildman–Crippen MR) is 330 cm³/mol. The molecule has 12 rings (SSSR count). The third-order valence-electron chi connectivity index (χ3n) is 13.0. The average Bonchev–Trinajstić information content (AvgIpc) is 3.76. The molecule has 0 atom stereocenters. The molecule has 0 unspecified atom stereocenters. The molecule has 0 aliphatic carbocycles. The third-order valence-corrected chi connectivity index (χ3v) is 14.9. The van der Waals surface area contributed by atoms with Crippen LogP contribution in [0.3, 0.4) is 0 Å². The number of nitrogens with one attached hydrogen (secondary N) is 5. The van der Waals surface area contributed by atoms with E-state index in [-0.39, 0.29) is 5.91 Å². The highest BCUT2D eigenvalue weighted by molar-refractivity contribution is 7.92. The molecule has 0 saturated carbocycles. The molecule has 0 aromatic heterocycles. The van der Waals surface area contributed by atoms with Crippen molar-refractivity contribution < 1.29 is 44.3 Å². The summed E-state index contributed by atoms with van der Waals surface area (Å²) in [4.78, 5) is 17.3. The zero-order valence-electron chi connectivity index (χ0n) is 45.9. The first-order valence-corrected chi connectivity index (χ1v) is 31.5. The Morgan fingerprint density at radius 1 is 0.434 bits per heavy atom. The van der Waals surface area contributed by atoms with E-state index in [9.17, 15) is 30.0 Å². The Bertz CT molecular complexity index is 4430. The Morgan fingerprint density at radius 3 is 1.36 bits per heavy atom. The molecule has 7 N–H and O–H groups in total. The van der Waals surface area contributed by atoms with Crippen LogP contribution in [0.4, 0.5) is 34.1 Å². The number of ether oxygens (including phenoxy) is 3. The molecule has 0 saturated heterocycles. The number of hydrogen-bond acceptors (Lipinski definition) is 13. The first-order valence-electron chi connectivity index (χ1n) is 25.9. The number of fused-ring (bicyclic) bond motifs is 6. The summed E-state index contributed by atoms with van der Waals surface area (Å²) in [5.74, 6) is 4.07. The van der Waals surface area contributed by atoms with Crippen LogP contribution >= 0.6 is 0 Å². The number of sulfonamides is 3. The highest BCUT2D eigenvalue weighted by atomic mass is 32.2. The van der Waals surface area contributed by atoms with Gasteiger partial charge < -0.3 is 30.6 Å². The van der Waals surface area contributed by atoms with Crippen LogP contribution in [0.2, 0.25) is 0 Å². The van der Waals surface area contributed by atoms with Crippen molar-refractivity contribution in [1.82, 2.24) is 0 Å². The van der Waals surface area contributed by atoms with Gasteiger partial charge in [-0.3, -0.25) is 19.0 Å². The van der Waals surface area contributed by atoms with Gasteiger partial charge in [-0.2, -0.15) is 0 Å². The molecule has 17 nitrogen and oxygen atoms in total. The van der Waals surface area contributed by atoms with Gasteiger partial charge in [0.2, 0.25) is 30.1 Å². The molecule has 3 aliphatic rings. The van der Waals surface area contributed by atoms with Crippen LogP contribution in [0.5, 0.6) is 34.5 Å². The number of amidine groups is 1. The molecule has 0 bridgehead atoms. The lowest BCUT2D eigenvalue weighted by molar-refractivity contribution is 0.102. The second kappa shape index (κ2) is 23.1. The van der Waals surface area contributed by atoms with Crippen LogP contribution in [0.1, 0.15) is 38.2 Å². The number of carbonyl (C=O) groups is 1. The number of aliphatic imine (C=N–C) groups is 1. The maximum absolute atomic E-state index is 12.7. The molecular weight excluding hydrogens is 1110 g/mol. The minimum absolute atomic E-state index is 0.258. The van der Waals surface area contributed by atoms with Gasteiger partial charge in [-0.15, -0.1) is 0 Å². The SMILES string of the molecule is Cc1ccc2c(c1)N=C(N)c1cc(-c3cccc(NS(C)(=O)=O)c3)ccc1O2.Cc1ccc2c(c1)NC(=O)c1cc(-c3cccc(NS(C)(=O)=O)c3)ccc1O2.Cc1ccc2c(c1)NCc1cc(-c3cccc(NS(C)(=O)=O)c3)ccc1O2. The van der Waals surface area contributed by atoms with Crippen molar-refractivity contribution in [2.75, 3.05) is 43.6 Å². The maximum atomic E-state index is 12.7. The summed E-state index contributed by atoms with van der Waals surface area (Å²) < 4.78 is 94.4. The maximum Gasteiger partial charge on any atom is 0.259 e. The van der Waals surface area contributed by atoms with E-state index in [4.69, 9.17) is 19.9 Å². The lowest BCUT2D eigenvalue weighted by Crippen LogP contribution is -2.13. The summed E-state index contributed by atoms with van der Waals surface area (Å²) in [5.41, 5.74) is 20.7. The Balaban J connectivity index is 0.000000139. The third kappa shape index (κ3) is 14.3. The van der Waals surface area contributed by atoms with E-state index in [0.29, 0.717) is 74.9 Å². The fourth-order valence-electron chi connectivity index (χ4n) is 9.33. The molecule has 3 aliphatic heterocycles. The number of aryl methyl sites for hydroxylation is 3. The zero-order chi connectivity index (χ0) is 58.8. The smallest absolute Gasteiger partial charge is 0.259 e. The second-order valence-electron chi connectivity index (χ2n) is 20.2. The highest BCUT2D eigenvalue weighted by Gasteiger charge is 2.23. The molecule has 0 spiro atoms. The van der Waals surface area contributed by atoms with Crippen molar-refractivity contribution >= 4 is 75.9 Å². The molecule has 1 amide bonds. The quantitative estimate of drug-likeness (QED) is 0.0790. The van der Waals surface area contributed by atoms with Crippen molar-refractivity contribution in [2.45, 2.75) is 27.3 Å². The number of hydrogen-bond donors (Lipinski definition) is 6. The van der Waals surface area contributed by atoms with E-state index in [1.807, 2.05) is 129 Å². The van der Waals surface area contributed by atoms with E-state index in [2.05, 4.69) is 48.8 Å². The fraction of sp³-hybridized carbons (Fsp3) is 0.111. The minimum atomic E-state index is -3.37. The number of nitrogens with zero attached hydrogens (tertiary/aromatic N) is 1. The average molecular weight is 1170 g/mol. The second-order valence-corrected chi connectivity index (χ2v) is 25.4. The van der Waals surface area contributed by atoms with Crippen molar-refractivity contribution in [1.29, 1.82) is 0 Å². The van der Waals surface area contributed by atoms with Crippen molar-refractivity contribution in [2.24, 2.45) is 10.7 Å². The van der Waals surface area contributed by atoms with Gasteiger partial charge in [0.1, 0.15) is 28.8 Å². The van der Waals surface area contributed by atoms with Crippen LogP contribution in [0, 0.1) is 20.8 Å². The fourth-order valence-corrected chi connectivity index (χ4v) is 11.0. The summed E-state index contributed by atoms with van der Waals surface area (Å²) >= 11 is 0. The van der Waals surface area contributed by atoms with Crippen molar-refractivity contribution in [3.05, 3.63) is 215 Å². The molecule has 3 heterocycles. The summed E-state index contributed by atoms with van der Waals surface area (Å²) in [7, 11) is -10.0. The first-order chi connectivity index (χ1) is 39.4. The van der Waals surface area contributed by atoms with Gasteiger partial charge in [-0.25, -0.2) is 30.2 Å². The highest BCUT2D eigenvalue weighted by Crippen LogP contribution is 2.42. The normalized spacial score (nSPS) is 12.8. The van der Waals surface area contributed by atoms with Crippen molar-refractivity contribution in [3.63, 3.8) is 0 Å². The number of amides is 1. The molecule has 422 valence electrons. The van der Waals surface area contributed by atoms with Crippen LogP contribution < -0.4 is 44.7 Å². The van der Waals surface area contributed by atoms with Crippen LogP contribution in [-0.2, 0) is 36.6 Å². The van der Waals surface area contributed by atoms with Gasteiger partial charge in [0.05, 0.1) is 41.3 Å². The van der Waals surface area contributed by atoms with Gasteiger partial charge in [0.15, 0.2) is 17.2 Å². The summed E-state index contributed by atoms with van der Waals surface area (Å²) in [6.45, 7) is 6.64. The van der Waals surface area contributed by atoms with E-state index < -0.39 is 30.1 Å². The summed E-state index contributed by atoms with van der Waals surface area (Å²) in [6, 6.07) is 55.9. The monoisotopic (exact) mass is 1170 g/mol. The zero-order valence-corrected chi connectivity index (χ0v) is 48.3. The first kappa shape index (κ1) is 56.6. The molecule has 83 heavy (non-hydrogen) atoms. The Hall–Kier alpha value is -9.63. The van der Waals surface area contributed by atoms with Crippen LogP contribution in [0.15, 0.2) is 187 Å². The molecular formula is C63H57N7O10S3. The number of anilines is 5. The molecule has 20 heteroatoms. The molecule has 0 fully saturated rings. The standard InChI is InChI=1S/C21H19N3O3S.C21H18N2O4S.C21H20N2O3S/c1-13-6-8-20-18(10-13)23-21(22)17-12-15(7-9-19(17)27-20)14-4-3-5-16(11-14)24-28(2,25)26;1-13-6-8-20-18(10-13)22-21(24)17-12-15(7-9-19(17)27-20)14-4-3-5-16(11-14)23-28(2,25)26;1-14-6-8-21-19(10-14)22-13-17-11-16(7-9-20(17)26-21)15-4-3-5-18(12-15)23-27(2,24)25/h3-12,24H,1-2H3,(H2,22,23);3-12,23H,1-2H3,(H,22,24);3-12,22-23H,13H2,1-2H3. The Kier molecular flexibility index (Phi) is 15.8. The molecule has 0 radical (unpaired) electrons. The number of carbonyl (C=O) groups excluding carboxylic acids is 1. The van der Waals surface area contributed by atoms with E-state index in [0.717, 1.165) is 86.0 Å². The minimum Gasteiger partial charge on any atom is -0.455 e. The van der Waals surface area contributed by atoms with Crippen LogP contribution in [-0.4, -0.2) is 55.8 Å². The summed E-state index contributed by atoms with van der Waals surface area (Å²) in [6.07, 6.45) is 3.36. The predicted octanol–water partition coefficient (Wildman–Crippen LogP) is 13.3. The van der Waals surface area contributed by atoms with Crippen molar-refractivity contribution in [3.8, 4) is 67.9 Å². The van der Waals surface area contributed by atoms with E-state index in [1.165, 1.54) is 5.56 Å². The van der Waals surface area contributed by atoms with Gasteiger partial charge in [-0.05, 0) is 180 Å². The lowest BCUT2D eigenvalue weighted by Gasteiger charge is -2.11.